The first-order valence-electron chi connectivity index (χ1n) is 4.53. The Morgan fingerprint density at radius 2 is 2.38 bits per heavy atom. The van der Waals surface area contributed by atoms with Crippen LogP contribution in [0.1, 0.15) is 22.3 Å². The van der Waals surface area contributed by atoms with Crippen molar-refractivity contribution in [3.05, 3.63) is 44.8 Å². The Morgan fingerprint density at radius 3 is 3.06 bits per heavy atom. The Kier molecular flexibility index (Phi) is 4.94. The molecule has 1 rings (SSSR count). The average Bonchev–Trinajstić information content (AvgIpc) is 2.30. The van der Waals surface area contributed by atoms with Crippen LogP contribution in [0.4, 0.5) is 0 Å². The zero-order valence-corrected chi connectivity index (χ0v) is 9.11. The molecule has 0 saturated carbocycles. The van der Waals surface area contributed by atoms with Crippen LogP contribution >= 0.6 is 11.6 Å². The first-order valence-corrected chi connectivity index (χ1v) is 4.91. The second kappa shape index (κ2) is 6.52. The van der Waals surface area contributed by atoms with Crippen LogP contribution in [0.25, 0.3) is 10.4 Å². The third kappa shape index (κ3) is 3.32. The van der Waals surface area contributed by atoms with Crippen molar-refractivity contribution in [2.45, 2.75) is 6.42 Å². The molecule has 0 aromatic heterocycles. The van der Waals surface area contributed by atoms with Crippen molar-refractivity contribution in [1.29, 1.82) is 0 Å². The van der Waals surface area contributed by atoms with E-state index in [1.165, 1.54) is 0 Å². The molecule has 0 N–H and O–H groups in total. The molecule has 0 saturated heterocycles. The minimum absolute atomic E-state index is 0.310. The maximum Gasteiger partial charge on any atom is 0.151 e. The summed E-state index contributed by atoms with van der Waals surface area (Å²) >= 11 is 5.90. The zero-order valence-electron chi connectivity index (χ0n) is 8.35. The van der Waals surface area contributed by atoms with Gasteiger partial charge in [0.15, 0.2) is 6.29 Å². The molecule has 5 heteroatoms. The molecule has 0 fully saturated rings. The predicted molar refractivity (Wildman–Crippen MR) is 62.3 cm³/mol. The van der Waals surface area contributed by atoms with E-state index >= 15 is 0 Å². The van der Waals surface area contributed by atoms with Gasteiger partial charge >= 0.3 is 0 Å². The monoisotopic (exact) mass is 233 g/mol. The van der Waals surface area contributed by atoms with Crippen LogP contribution in [-0.4, -0.2) is 12.8 Å². The van der Waals surface area contributed by atoms with Crippen LogP contribution in [0, 0.1) is 11.8 Å². The van der Waals surface area contributed by atoms with Gasteiger partial charge in [-0.15, -0.1) is 0 Å². The molecule has 0 aliphatic carbocycles. The lowest BCUT2D eigenvalue weighted by atomic mass is 10.1. The Hall–Kier alpha value is -1.95. The Bertz CT molecular complexity index is 496. The van der Waals surface area contributed by atoms with E-state index in [2.05, 4.69) is 21.9 Å². The topological polar surface area (TPSA) is 65.8 Å². The smallest absolute Gasteiger partial charge is 0.151 e. The molecule has 0 aliphatic rings. The van der Waals surface area contributed by atoms with Crippen molar-refractivity contribution in [3.63, 3.8) is 0 Å². The minimum Gasteiger partial charge on any atom is -0.298 e. The highest BCUT2D eigenvalue weighted by molar-refractivity contribution is 6.32. The van der Waals surface area contributed by atoms with Crippen LogP contribution in [0.3, 0.4) is 0 Å². The standard InChI is InChI=1S/C11H8ClN3O/c12-11-6-3-4-9(8-16)10(11)5-1-2-7-14-15-13/h3-4,6,8H,2,7H2. The lowest BCUT2D eigenvalue weighted by molar-refractivity contribution is 0.112. The second-order valence-corrected chi connectivity index (χ2v) is 3.24. The molecule has 0 radical (unpaired) electrons. The number of azide groups is 1. The molecule has 0 aliphatic heterocycles. The number of hydrogen-bond acceptors (Lipinski definition) is 2. The highest BCUT2D eigenvalue weighted by atomic mass is 35.5. The third-order valence-electron chi connectivity index (χ3n) is 1.79. The summed E-state index contributed by atoms with van der Waals surface area (Å²) in [6, 6.07) is 5.01. The summed E-state index contributed by atoms with van der Waals surface area (Å²) < 4.78 is 0. The number of benzene rings is 1. The lowest BCUT2D eigenvalue weighted by Gasteiger charge is -1.98. The van der Waals surface area contributed by atoms with Crippen LogP contribution < -0.4 is 0 Å². The lowest BCUT2D eigenvalue weighted by Crippen LogP contribution is -1.88. The van der Waals surface area contributed by atoms with Gasteiger partial charge in [0.2, 0.25) is 0 Å². The number of carbonyl (C=O) groups is 1. The zero-order chi connectivity index (χ0) is 11.8. The Morgan fingerprint density at radius 1 is 1.56 bits per heavy atom. The third-order valence-corrected chi connectivity index (χ3v) is 2.10. The van der Waals surface area contributed by atoms with Gasteiger partial charge in [-0.3, -0.25) is 4.79 Å². The molecule has 1 aromatic rings. The number of rotatable bonds is 3. The maximum atomic E-state index is 10.7. The van der Waals surface area contributed by atoms with Gasteiger partial charge in [-0.2, -0.15) is 0 Å². The molecule has 0 bridgehead atoms. The van der Waals surface area contributed by atoms with Gasteiger partial charge in [0.25, 0.3) is 0 Å². The molecule has 0 amide bonds. The second-order valence-electron chi connectivity index (χ2n) is 2.83. The van der Waals surface area contributed by atoms with Gasteiger partial charge in [-0.05, 0) is 11.6 Å². The highest BCUT2D eigenvalue weighted by Gasteiger charge is 2.02. The van der Waals surface area contributed by atoms with Gasteiger partial charge < -0.3 is 0 Å². The number of hydrogen-bond donors (Lipinski definition) is 0. The molecular formula is C11H8ClN3O. The number of halogens is 1. The molecule has 16 heavy (non-hydrogen) atoms. The van der Waals surface area contributed by atoms with E-state index in [1.807, 2.05) is 0 Å². The summed E-state index contributed by atoms with van der Waals surface area (Å²) in [4.78, 5) is 13.3. The summed E-state index contributed by atoms with van der Waals surface area (Å²) in [6.07, 6.45) is 1.15. The van der Waals surface area contributed by atoms with Crippen molar-refractivity contribution >= 4 is 17.9 Å². The van der Waals surface area contributed by atoms with E-state index in [4.69, 9.17) is 17.1 Å². The van der Waals surface area contributed by atoms with Crippen molar-refractivity contribution in [3.8, 4) is 11.8 Å². The summed E-state index contributed by atoms with van der Waals surface area (Å²) in [6.45, 7) is 0.310. The van der Waals surface area contributed by atoms with Crippen molar-refractivity contribution in [1.82, 2.24) is 0 Å². The average molecular weight is 234 g/mol. The first-order chi connectivity index (χ1) is 7.79. The van der Waals surface area contributed by atoms with Crippen molar-refractivity contribution in [2.24, 2.45) is 5.11 Å². The normalized spacial score (nSPS) is 8.56. The van der Waals surface area contributed by atoms with Gasteiger partial charge in [-0.1, -0.05) is 40.7 Å². The van der Waals surface area contributed by atoms with Gasteiger partial charge in [0.1, 0.15) is 0 Å². The van der Waals surface area contributed by atoms with Gasteiger partial charge in [-0.25, -0.2) is 0 Å². The fourth-order valence-corrected chi connectivity index (χ4v) is 1.30. The van der Waals surface area contributed by atoms with Gasteiger partial charge in [0, 0.05) is 23.4 Å². The Labute approximate surface area is 97.9 Å². The molecule has 1 aromatic carbocycles. The maximum absolute atomic E-state index is 10.7. The molecule has 0 atom stereocenters. The molecule has 80 valence electrons. The largest absolute Gasteiger partial charge is 0.298 e. The predicted octanol–water partition coefficient (Wildman–Crippen LogP) is 3.20. The quantitative estimate of drug-likeness (QED) is 0.197. The van der Waals surface area contributed by atoms with Crippen LogP contribution in [0.15, 0.2) is 23.3 Å². The van der Waals surface area contributed by atoms with Crippen molar-refractivity contribution in [2.75, 3.05) is 6.54 Å². The summed E-state index contributed by atoms with van der Waals surface area (Å²) in [5, 5.41) is 3.79. The summed E-state index contributed by atoms with van der Waals surface area (Å²) in [7, 11) is 0. The van der Waals surface area contributed by atoms with Crippen LogP contribution in [-0.2, 0) is 0 Å². The van der Waals surface area contributed by atoms with E-state index < -0.39 is 0 Å². The number of nitrogens with zero attached hydrogens (tertiary/aromatic N) is 3. The van der Waals surface area contributed by atoms with Crippen LogP contribution in [0.2, 0.25) is 5.02 Å². The fourth-order valence-electron chi connectivity index (χ4n) is 1.07. The minimum atomic E-state index is 0.310. The highest BCUT2D eigenvalue weighted by Crippen LogP contribution is 2.17. The fraction of sp³-hybridized carbons (Fsp3) is 0.182. The van der Waals surface area contributed by atoms with E-state index in [0.717, 1.165) is 0 Å². The molecule has 4 nitrogen and oxygen atoms in total. The van der Waals surface area contributed by atoms with E-state index in [0.29, 0.717) is 35.4 Å². The van der Waals surface area contributed by atoms with E-state index in [1.54, 1.807) is 18.2 Å². The molecule has 0 unspecified atom stereocenters. The van der Waals surface area contributed by atoms with E-state index in [-0.39, 0.29) is 0 Å². The summed E-state index contributed by atoms with van der Waals surface area (Å²) in [5.74, 6) is 5.59. The number of carbonyl (C=O) groups excluding carboxylic acids is 1. The Balaban J connectivity index is 2.86. The number of aldehydes is 1. The molecule has 0 spiro atoms. The summed E-state index contributed by atoms with van der Waals surface area (Å²) in [5.41, 5.74) is 9.03. The molecule has 0 heterocycles. The van der Waals surface area contributed by atoms with Crippen molar-refractivity contribution < 1.29 is 4.79 Å². The SMILES string of the molecule is [N-]=[N+]=NCCC#Cc1c(Cl)cccc1C=O. The van der Waals surface area contributed by atoms with Crippen LogP contribution in [0.5, 0.6) is 0 Å². The first kappa shape index (κ1) is 12.1. The van der Waals surface area contributed by atoms with Gasteiger partial charge in [0.05, 0.1) is 10.6 Å². The van der Waals surface area contributed by atoms with E-state index in [9.17, 15) is 4.79 Å². The molecular weight excluding hydrogens is 226 g/mol.